The van der Waals surface area contributed by atoms with Gasteiger partial charge < -0.3 is 10.1 Å². The van der Waals surface area contributed by atoms with Crippen LogP contribution in [-0.2, 0) is 26.1 Å². The largest absolute Gasteiger partial charge is 0.468 e. The monoisotopic (exact) mass is 357 g/mol. The van der Waals surface area contributed by atoms with Crippen molar-refractivity contribution in [2.75, 3.05) is 46.4 Å². The molecule has 1 N–H and O–H groups in total. The number of hydrogen-bond donors (Lipinski definition) is 1. The molecular weight excluding hydrogens is 334 g/mol. The molecule has 0 saturated carbocycles. The summed E-state index contributed by atoms with van der Waals surface area (Å²) in [6, 6.07) is 0.270. The number of nitrogens with one attached hydrogen (secondary N) is 1. The Labute approximate surface area is 141 Å². The van der Waals surface area contributed by atoms with Crippen LogP contribution < -0.4 is 5.32 Å². The molecule has 9 nitrogen and oxygen atoms in total. The summed E-state index contributed by atoms with van der Waals surface area (Å²) in [7, 11) is -2.29. The van der Waals surface area contributed by atoms with Gasteiger partial charge in [-0.05, 0) is 6.42 Å². The van der Waals surface area contributed by atoms with E-state index in [1.165, 1.54) is 28.5 Å². The maximum absolute atomic E-state index is 12.8. The fourth-order valence-corrected chi connectivity index (χ4v) is 4.63. The van der Waals surface area contributed by atoms with E-state index in [0.717, 1.165) is 32.6 Å². The highest BCUT2D eigenvalue weighted by atomic mass is 32.2. The lowest BCUT2D eigenvalue weighted by molar-refractivity contribution is -0.141. The topological polar surface area (TPSA) is 96.8 Å². The third-order valence-electron chi connectivity index (χ3n) is 4.56. The minimum Gasteiger partial charge on any atom is -0.468 e. The number of carbonyl (C=O) groups excluding carboxylic acids is 1. The summed E-state index contributed by atoms with van der Waals surface area (Å²) in [6.07, 6.45) is 3.51. The van der Waals surface area contributed by atoms with E-state index in [-0.39, 0.29) is 17.5 Å². The molecule has 2 saturated heterocycles. The highest BCUT2D eigenvalue weighted by molar-refractivity contribution is 7.89. The second-order valence-electron chi connectivity index (χ2n) is 6.04. The minimum absolute atomic E-state index is 0.102. The summed E-state index contributed by atoms with van der Waals surface area (Å²) in [5.41, 5.74) is 0. The maximum Gasteiger partial charge on any atom is 0.327 e. The lowest BCUT2D eigenvalue weighted by Gasteiger charge is -2.32. The van der Waals surface area contributed by atoms with Gasteiger partial charge in [-0.1, -0.05) is 0 Å². The molecule has 0 amide bonds. The second kappa shape index (κ2) is 7.18. The first-order valence-electron chi connectivity index (χ1n) is 8.05. The van der Waals surface area contributed by atoms with Crippen LogP contribution in [0.25, 0.3) is 0 Å². The highest BCUT2D eigenvalue weighted by Gasteiger charge is 2.36. The van der Waals surface area contributed by atoms with Crippen molar-refractivity contribution in [2.45, 2.75) is 23.9 Å². The standard InChI is InChI=1S/C14H23N5O4S/c1-23-14(20)11-18-10-13(8-16-18)24(21,22)19-5-2-12(9-19)17-6-3-15-4-7-17/h8,10,12,15H,2-7,9,11H2,1H3. The van der Waals surface area contributed by atoms with Gasteiger partial charge in [0.1, 0.15) is 11.4 Å². The minimum atomic E-state index is -3.58. The van der Waals surface area contributed by atoms with E-state index in [1.807, 2.05) is 0 Å². The molecule has 2 aliphatic heterocycles. The van der Waals surface area contributed by atoms with E-state index >= 15 is 0 Å². The highest BCUT2D eigenvalue weighted by Crippen LogP contribution is 2.23. The lowest BCUT2D eigenvalue weighted by Crippen LogP contribution is -2.49. The van der Waals surface area contributed by atoms with Crippen molar-refractivity contribution >= 4 is 16.0 Å². The zero-order valence-corrected chi connectivity index (χ0v) is 14.5. The molecule has 3 rings (SSSR count). The van der Waals surface area contributed by atoms with E-state index in [0.29, 0.717) is 13.1 Å². The Morgan fingerprint density at radius 3 is 2.83 bits per heavy atom. The predicted molar refractivity (Wildman–Crippen MR) is 85.8 cm³/mol. The average molecular weight is 357 g/mol. The molecule has 24 heavy (non-hydrogen) atoms. The molecule has 2 fully saturated rings. The van der Waals surface area contributed by atoms with E-state index in [1.54, 1.807) is 0 Å². The van der Waals surface area contributed by atoms with Crippen LogP contribution in [0, 0.1) is 0 Å². The molecule has 0 radical (unpaired) electrons. The molecule has 1 atom stereocenters. The van der Waals surface area contributed by atoms with Crippen LogP contribution in [0.2, 0.25) is 0 Å². The van der Waals surface area contributed by atoms with E-state index in [2.05, 4.69) is 20.1 Å². The van der Waals surface area contributed by atoms with Crippen LogP contribution in [0.1, 0.15) is 6.42 Å². The summed E-state index contributed by atoms with van der Waals surface area (Å²) in [5.74, 6) is -0.470. The fourth-order valence-electron chi connectivity index (χ4n) is 3.18. The summed E-state index contributed by atoms with van der Waals surface area (Å²) in [6.45, 7) is 4.72. The molecule has 1 unspecified atom stereocenters. The van der Waals surface area contributed by atoms with Gasteiger partial charge in [-0.25, -0.2) is 8.42 Å². The summed E-state index contributed by atoms with van der Waals surface area (Å²) in [5, 5.41) is 7.25. The van der Waals surface area contributed by atoms with Gasteiger partial charge in [-0.15, -0.1) is 0 Å². The number of aromatic nitrogens is 2. The lowest BCUT2D eigenvalue weighted by atomic mass is 10.2. The zero-order chi connectivity index (χ0) is 17.2. The summed E-state index contributed by atoms with van der Waals surface area (Å²) >= 11 is 0. The molecule has 0 bridgehead atoms. The van der Waals surface area contributed by atoms with E-state index < -0.39 is 16.0 Å². The van der Waals surface area contributed by atoms with Gasteiger partial charge >= 0.3 is 5.97 Å². The first-order valence-corrected chi connectivity index (χ1v) is 9.49. The van der Waals surface area contributed by atoms with Crippen LogP contribution in [0.5, 0.6) is 0 Å². The summed E-state index contributed by atoms with van der Waals surface area (Å²) < 4.78 is 32.9. The van der Waals surface area contributed by atoms with Crippen molar-refractivity contribution in [2.24, 2.45) is 0 Å². The Kier molecular flexibility index (Phi) is 5.18. The first kappa shape index (κ1) is 17.3. The summed E-state index contributed by atoms with van der Waals surface area (Å²) in [4.78, 5) is 13.7. The van der Waals surface area contributed by atoms with Crippen LogP contribution in [0.15, 0.2) is 17.3 Å². The van der Waals surface area contributed by atoms with Crippen molar-refractivity contribution in [3.8, 4) is 0 Å². The van der Waals surface area contributed by atoms with Gasteiger partial charge in [0.05, 0.1) is 13.3 Å². The van der Waals surface area contributed by atoms with Gasteiger partial charge in [0.2, 0.25) is 10.0 Å². The Morgan fingerprint density at radius 1 is 1.38 bits per heavy atom. The number of esters is 1. The number of carbonyl (C=O) groups is 1. The first-order chi connectivity index (χ1) is 11.5. The van der Waals surface area contributed by atoms with Gasteiger partial charge in [-0.2, -0.15) is 9.40 Å². The van der Waals surface area contributed by atoms with Crippen molar-refractivity contribution in [1.29, 1.82) is 0 Å². The number of rotatable bonds is 5. The quantitative estimate of drug-likeness (QED) is 0.656. The van der Waals surface area contributed by atoms with Gasteiger partial charge in [0.15, 0.2) is 0 Å². The van der Waals surface area contributed by atoms with Crippen LogP contribution in [-0.4, -0.2) is 85.8 Å². The molecule has 134 valence electrons. The van der Waals surface area contributed by atoms with Gasteiger partial charge in [-0.3, -0.25) is 14.4 Å². The average Bonchev–Trinajstić information content (AvgIpc) is 3.25. The normalized spacial score (nSPS) is 23.5. The second-order valence-corrected chi connectivity index (χ2v) is 7.98. The van der Waals surface area contributed by atoms with Gasteiger partial charge in [0.25, 0.3) is 0 Å². The van der Waals surface area contributed by atoms with Crippen LogP contribution >= 0.6 is 0 Å². The molecule has 10 heteroatoms. The Morgan fingerprint density at radius 2 is 2.12 bits per heavy atom. The van der Waals surface area contributed by atoms with Crippen LogP contribution in [0.4, 0.5) is 0 Å². The molecule has 2 aliphatic rings. The van der Waals surface area contributed by atoms with Crippen LogP contribution in [0.3, 0.4) is 0 Å². The fraction of sp³-hybridized carbons (Fsp3) is 0.714. The number of hydrogen-bond acceptors (Lipinski definition) is 7. The van der Waals surface area contributed by atoms with Crippen molar-refractivity contribution in [3.63, 3.8) is 0 Å². The third kappa shape index (κ3) is 3.61. The van der Waals surface area contributed by atoms with Crippen molar-refractivity contribution < 1.29 is 17.9 Å². The third-order valence-corrected chi connectivity index (χ3v) is 6.38. The Hall–Kier alpha value is -1.49. The van der Waals surface area contributed by atoms with Gasteiger partial charge in [0, 0.05) is 51.5 Å². The van der Waals surface area contributed by atoms with E-state index in [9.17, 15) is 13.2 Å². The maximum atomic E-state index is 12.8. The molecule has 0 spiro atoms. The number of sulfonamides is 1. The molecule has 0 aliphatic carbocycles. The Balaban J connectivity index is 1.66. The number of methoxy groups -OCH3 is 1. The number of piperazine rings is 1. The van der Waals surface area contributed by atoms with E-state index in [4.69, 9.17) is 0 Å². The molecule has 1 aromatic heterocycles. The molecule has 1 aromatic rings. The molecule has 0 aromatic carbocycles. The number of ether oxygens (including phenoxy) is 1. The van der Waals surface area contributed by atoms with Crippen molar-refractivity contribution in [3.05, 3.63) is 12.4 Å². The molecule has 3 heterocycles. The number of nitrogens with zero attached hydrogens (tertiary/aromatic N) is 4. The van der Waals surface area contributed by atoms with Crippen molar-refractivity contribution in [1.82, 2.24) is 24.3 Å². The Bertz CT molecular complexity index is 683. The smallest absolute Gasteiger partial charge is 0.327 e. The predicted octanol–water partition coefficient (Wildman–Crippen LogP) is -1.28. The molecular formula is C14H23N5O4S. The SMILES string of the molecule is COC(=O)Cn1cc(S(=O)(=O)N2CCC(N3CCNCC3)C2)cn1. The zero-order valence-electron chi connectivity index (χ0n) is 13.7.